The molecule has 1 N–H and O–H groups in total. The molecule has 0 aromatic heterocycles. The highest BCUT2D eigenvalue weighted by Crippen LogP contribution is 2.26. The van der Waals surface area contributed by atoms with Gasteiger partial charge in [-0.2, -0.15) is 0 Å². The predicted molar refractivity (Wildman–Crippen MR) is 84.1 cm³/mol. The first-order valence-electron chi connectivity index (χ1n) is 7.90. The smallest absolute Gasteiger partial charge is 0.261 e. The van der Waals surface area contributed by atoms with Gasteiger partial charge in [0.05, 0.1) is 11.1 Å². The van der Waals surface area contributed by atoms with Gasteiger partial charge in [-0.3, -0.25) is 19.3 Å². The van der Waals surface area contributed by atoms with E-state index >= 15 is 0 Å². The number of nitrogens with zero attached hydrogens (tertiary/aromatic N) is 1. The Morgan fingerprint density at radius 2 is 1.75 bits per heavy atom. The molecule has 0 radical (unpaired) electrons. The maximum Gasteiger partial charge on any atom is 0.261 e. The molecule has 7 heteroatoms. The summed E-state index contributed by atoms with van der Waals surface area (Å²) in [5.74, 6) is -2.67. The summed E-state index contributed by atoms with van der Waals surface area (Å²) in [5, 5.41) is 13.3. The van der Waals surface area contributed by atoms with Crippen molar-refractivity contribution in [2.24, 2.45) is 5.92 Å². The monoisotopic (exact) mass is 331 g/mol. The van der Waals surface area contributed by atoms with Gasteiger partial charge in [-0.25, -0.2) is 0 Å². The lowest BCUT2D eigenvalue weighted by atomic mass is 10.0. The number of rotatable bonds is 7. The zero-order chi connectivity index (χ0) is 17.9. The van der Waals surface area contributed by atoms with Crippen molar-refractivity contribution in [2.45, 2.75) is 33.1 Å². The number of benzene rings is 1. The topological polar surface area (TPSA) is 107 Å². The Labute approximate surface area is 139 Å². The molecule has 1 aromatic carbocycles. The van der Waals surface area contributed by atoms with Gasteiger partial charge in [-0.15, -0.1) is 0 Å². The standard InChI is InChI=1S/C17H20N2O5/c1-3-10(4-2)15(22)18-11-5-6-12-13(9-11)17(24)19(16(12)23)8-7-14(20)21/h5-6,9-10H,3-4,7-8H2,1-2H3,(H,18,22)(H,20,21)/p-1. The molecule has 1 aromatic rings. The second kappa shape index (κ2) is 7.25. The molecule has 24 heavy (non-hydrogen) atoms. The molecular formula is C17H19N2O5-. The minimum absolute atomic E-state index is 0.116. The van der Waals surface area contributed by atoms with Gasteiger partial charge in [0.15, 0.2) is 0 Å². The number of imide groups is 1. The van der Waals surface area contributed by atoms with E-state index in [2.05, 4.69) is 5.32 Å². The quantitative estimate of drug-likeness (QED) is 0.744. The first-order chi connectivity index (χ1) is 11.4. The molecule has 0 atom stereocenters. The fraction of sp³-hybridized carbons (Fsp3) is 0.412. The first kappa shape index (κ1) is 17.7. The van der Waals surface area contributed by atoms with Crippen molar-refractivity contribution >= 4 is 29.4 Å². The van der Waals surface area contributed by atoms with Crippen molar-refractivity contribution in [1.82, 2.24) is 4.90 Å². The summed E-state index contributed by atoms with van der Waals surface area (Å²) in [6.07, 6.45) is 1.01. The third kappa shape index (κ3) is 3.45. The highest BCUT2D eigenvalue weighted by molar-refractivity contribution is 6.22. The Hall–Kier alpha value is -2.70. The van der Waals surface area contributed by atoms with Crippen LogP contribution in [0.3, 0.4) is 0 Å². The van der Waals surface area contributed by atoms with E-state index in [1.807, 2.05) is 13.8 Å². The lowest BCUT2D eigenvalue weighted by molar-refractivity contribution is -0.305. The molecule has 0 bridgehead atoms. The molecule has 1 aliphatic rings. The third-order valence-corrected chi connectivity index (χ3v) is 4.13. The van der Waals surface area contributed by atoms with E-state index in [9.17, 15) is 24.3 Å². The fourth-order valence-electron chi connectivity index (χ4n) is 2.68. The number of nitrogens with one attached hydrogen (secondary N) is 1. The summed E-state index contributed by atoms with van der Waals surface area (Å²) in [6, 6.07) is 4.48. The van der Waals surface area contributed by atoms with Gasteiger partial charge in [0.2, 0.25) is 5.91 Å². The van der Waals surface area contributed by atoms with Gasteiger partial charge in [0.25, 0.3) is 11.8 Å². The van der Waals surface area contributed by atoms with Crippen LogP contribution >= 0.6 is 0 Å². The number of carboxylic acids is 1. The lowest BCUT2D eigenvalue weighted by Crippen LogP contribution is -2.34. The Morgan fingerprint density at radius 1 is 1.12 bits per heavy atom. The number of fused-ring (bicyclic) bond motifs is 1. The number of amides is 3. The second-order valence-corrected chi connectivity index (χ2v) is 5.65. The number of carbonyl (C=O) groups is 4. The Bertz CT molecular complexity index is 694. The van der Waals surface area contributed by atoms with Crippen molar-refractivity contribution < 1.29 is 24.3 Å². The minimum atomic E-state index is -1.33. The highest BCUT2D eigenvalue weighted by Gasteiger charge is 2.35. The summed E-state index contributed by atoms with van der Waals surface area (Å²) in [6.45, 7) is 3.62. The van der Waals surface area contributed by atoms with E-state index in [0.29, 0.717) is 18.5 Å². The Kier molecular flexibility index (Phi) is 5.33. The molecule has 0 saturated heterocycles. The van der Waals surface area contributed by atoms with Gasteiger partial charge >= 0.3 is 0 Å². The van der Waals surface area contributed by atoms with E-state index in [-0.39, 0.29) is 29.5 Å². The second-order valence-electron chi connectivity index (χ2n) is 5.65. The number of carbonyl (C=O) groups excluding carboxylic acids is 4. The van der Waals surface area contributed by atoms with Crippen molar-refractivity contribution in [3.63, 3.8) is 0 Å². The van der Waals surface area contributed by atoms with Gasteiger partial charge in [-0.05, 0) is 31.0 Å². The molecular weight excluding hydrogens is 312 g/mol. The number of aliphatic carboxylic acids is 1. The average Bonchev–Trinajstić information content (AvgIpc) is 2.77. The van der Waals surface area contributed by atoms with Crippen LogP contribution in [0, 0.1) is 5.92 Å². The van der Waals surface area contributed by atoms with Crippen LogP contribution in [0.15, 0.2) is 18.2 Å². The third-order valence-electron chi connectivity index (χ3n) is 4.13. The summed E-state index contributed by atoms with van der Waals surface area (Å²) in [4.78, 5) is 48.0. The molecule has 0 fully saturated rings. The van der Waals surface area contributed by atoms with Gasteiger partial charge < -0.3 is 15.2 Å². The van der Waals surface area contributed by atoms with E-state index in [1.54, 1.807) is 6.07 Å². The van der Waals surface area contributed by atoms with E-state index < -0.39 is 24.2 Å². The number of anilines is 1. The average molecular weight is 331 g/mol. The SMILES string of the molecule is CCC(CC)C(=O)Nc1ccc2c(c1)C(=O)N(CCC(=O)[O-])C2=O. The van der Waals surface area contributed by atoms with Gasteiger partial charge in [0.1, 0.15) is 0 Å². The molecule has 0 saturated carbocycles. The van der Waals surface area contributed by atoms with Crippen LogP contribution in [0.4, 0.5) is 5.69 Å². The van der Waals surface area contributed by atoms with Crippen molar-refractivity contribution in [3.05, 3.63) is 29.3 Å². The maximum atomic E-state index is 12.3. The summed E-state index contributed by atoms with van der Waals surface area (Å²) >= 11 is 0. The molecule has 2 rings (SSSR count). The number of hydrogen-bond acceptors (Lipinski definition) is 5. The van der Waals surface area contributed by atoms with Crippen molar-refractivity contribution in [2.75, 3.05) is 11.9 Å². The molecule has 128 valence electrons. The van der Waals surface area contributed by atoms with Crippen LogP contribution in [0.25, 0.3) is 0 Å². The fourth-order valence-corrected chi connectivity index (χ4v) is 2.68. The summed E-state index contributed by atoms with van der Waals surface area (Å²) in [7, 11) is 0. The van der Waals surface area contributed by atoms with Crippen LogP contribution in [0.1, 0.15) is 53.8 Å². The van der Waals surface area contributed by atoms with Crippen LogP contribution in [0.2, 0.25) is 0 Å². The molecule has 1 aliphatic heterocycles. The Balaban J connectivity index is 2.18. The normalized spacial score (nSPS) is 13.4. The van der Waals surface area contributed by atoms with E-state index in [1.165, 1.54) is 12.1 Å². The first-order valence-corrected chi connectivity index (χ1v) is 7.90. The van der Waals surface area contributed by atoms with Crippen LogP contribution in [-0.4, -0.2) is 35.1 Å². The molecule has 0 spiro atoms. The van der Waals surface area contributed by atoms with Gasteiger partial charge in [0, 0.05) is 30.5 Å². The molecule has 7 nitrogen and oxygen atoms in total. The zero-order valence-corrected chi connectivity index (χ0v) is 13.6. The predicted octanol–water partition coefficient (Wildman–Crippen LogP) is 0.797. The summed E-state index contributed by atoms with van der Waals surface area (Å²) in [5.41, 5.74) is 0.813. The lowest BCUT2D eigenvalue weighted by Gasteiger charge is -2.13. The highest BCUT2D eigenvalue weighted by atomic mass is 16.4. The van der Waals surface area contributed by atoms with Crippen molar-refractivity contribution in [1.29, 1.82) is 0 Å². The van der Waals surface area contributed by atoms with E-state index in [0.717, 1.165) is 4.90 Å². The number of hydrogen-bond donors (Lipinski definition) is 1. The molecule has 1 heterocycles. The number of carboxylic acid groups (broad SMARTS) is 1. The van der Waals surface area contributed by atoms with E-state index in [4.69, 9.17) is 0 Å². The molecule has 3 amide bonds. The van der Waals surface area contributed by atoms with Crippen LogP contribution < -0.4 is 10.4 Å². The summed E-state index contributed by atoms with van der Waals surface area (Å²) < 4.78 is 0. The molecule has 0 unspecified atom stereocenters. The van der Waals surface area contributed by atoms with Crippen LogP contribution in [-0.2, 0) is 9.59 Å². The molecule has 0 aliphatic carbocycles. The Morgan fingerprint density at radius 3 is 2.33 bits per heavy atom. The minimum Gasteiger partial charge on any atom is -0.550 e. The van der Waals surface area contributed by atoms with Gasteiger partial charge in [-0.1, -0.05) is 13.8 Å². The zero-order valence-electron chi connectivity index (χ0n) is 13.6. The van der Waals surface area contributed by atoms with Crippen LogP contribution in [0.5, 0.6) is 0 Å². The largest absolute Gasteiger partial charge is 0.550 e. The maximum absolute atomic E-state index is 12.3. The van der Waals surface area contributed by atoms with Crippen molar-refractivity contribution in [3.8, 4) is 0 Å².